The number of halogens is 1. The van der Waals surface area contributed by atoms with E-state index in [1.807, 2.05) is 16.0 Å². The summed E-state index contributed by atoms with van der Waals surface area (Å²) in [5, 5.41) is 15.9. The average molecular weight is 302 g/mol. The largest absolute Gasteiger partial charge is 0.392 e. The Kier molecular flexibility index (Phi) is 5.21. The van der Waals surface area contributed by atoms with Crippen LogP contribution in [0.3, 0.4) is 0 Å². The van der Waals surface area contributed by atoms with Crippen LogP contribution in [0.2, 0.25) is 5.15 Å². The highest BCUT2D eigenvalue weighted by Crippen LogP contribution is 2.21. The molecule has 2 N–H and O–H groups in total. The summed E-state index contributed by atoms with van der Waals surface area (Å²) < 4.78 is 1.99. The van der Waals surface area contributed by atoms with Crippen LogP contribution < -0.4 is 5.32 Å². The number of aliphatic hydroxyl groups is 1. The molecule has 6 heteroatoms. The van der Waals surface area contributed by atoms with Crippen molar-refractivity contribution in [3.05, 3.63) is 22.4 Å². The van der Waals surface area contributed by atoms with Crippen molar-refractivity contribution < 1.29 is 5.11 Å². The van der Waals surface area contributed by atoms with Gasteiger partial charge in [0.1, 0.15) is 0 Å². The number of nitrogens with zero attached hydrogens (tertiary/aromatic N) is 2. The van der Waals surface area contributed by atoms with Gasteiger partial charge in [-0.15, -0.1) is 11.3 Å². The second-order valence-corrected chi connectivity index (χ2v) is 5.91. The van der Waals surface area contributed by atoms with Crippen LogP contribution in [-0.2, 0) is 6.54 Å². The van der Waals surface area contributed by atoms with E-state index in [4.69, 9.17) is 11.6 Å². The highest BCUT2D eigenvalue weighted by Gasteiger charge is 2.16. The van der Waals surface area contributed by atoms with Crippen LogP contribution in [-0.4, -0.2) is 27.1 Å². The van der Waals surface area contributed by atoms with E-state index in [1.54, 1.807) is 11.3 Å². The molecule has 1 unspecified atom stereocenters. The molecule has 2 heterocycles. The van der Waals surface area contributed by atoms with Crippen molar-refractivity contribution in [2.45, 2.75) is 39.3 Å². The maximum absolute atomic E-state index is 10.1. The second kappa shape index (κ2) is 6.70. The summed E-state index contributed by atoms with van der Waals surface area (Å²) in [6.45, 7) is 5.42. The average Bonchev–Trinajstić information content (AvgIpc) is 2.93. The van der Waals surface area contributed by atoms with Gasteiger partial charge < -0.3 is 10.4 Å². The zero-order chi connectivity index (χ0) is 13.8. The van der Waals surface area contributed by atoms with Crippen LogP contribution >= 0.6 is 22.9 Å². The van der Waals surface area contributed by atoms with Gasteiger partial charge in [-0.05, 0) is 5.92 Å². The van der Waals surface area contributed by atoms with Gasteiger partial charge in [0.15, 0.2) is 10.1 Å². The van der Waals surface area contributed by atoms with E-state index in [9.17, 15) is 5.11 Å². The number of aliphatic hydroxyl groups excluding tert-OH is 1. The Hall–Kier alpha value is -0.620. The second-order valence-electron chi connectivity index (χ2n) is 4.68. The number of thiazole rings is 1. The molecule has 4 nitrogen and oxygen atoms in total. The predicted octanol–water partition coefficient (Wildman–Crippen LogP) is 2.94. The smallest absolute Gasteiger partial charge is 0.195 e. The van der Waals surface area contributed by atoms with Crippen molar-refractivity contribution >= 4 is 27.9 Å². The molecule has 1 atom stereocenters. The first kappa shape index (κ1) is 14.8. The molecule has 0 aliphatic heterocycles. The summed E-state index contributed by atoms with van der Waals surface area (Å²) >= 11 is 7.68. The fourth-order valence-electron chi connectivity index (χ4n) is 2.30. The Morgan fingerprint density at radius 2 is 2.21 bits per heavy atom. The molecule has 0 radical (unpaired) electrons. The van der Waals surface area contributed by atoms with E-state index < -0.39 is 0 Å². The molecule has 2 rings (SSSR count). The quantitative estimate of drug-likeness (QED) is 0.827. The van der Waals surface area contributed by atoms with Crippen molar-refractivity contribution in [3.8, 4) is 0 Å². The molecule has 19 heavy (non-hydrogen) atoms. The van der Waals surface area contributed by atoms with Gasteiger partial charge in [0.05, 0.1) is 11.8 Å². The maximum Gasteiger partial charge on any atom is 0.195 e. The zero-order valence-electron chi connectivity index (χ0n) is 11.3. The van der Waals surface area contributed by atoms with Crippen molar-refractivity contribution in [2.75, 3.05) is 6.54 Å². The Labute approximate surface area is 122 Å². The van der Waals surface area contributed by atoms with E-state index in [0.29, 0.717) is 24.2 Å². The van der Waals surface area contributed by atoms with Crippen LogP contribution in [0, 0.1) is 5.92 Å². The van der Waals surface area contributed by atoms with Crippen LogP contribution in [0.4, 0.5) is 0 Å². The fourth-order valence-corrected chi connectivity index (χ4v) is 3.32. The van der Waals surface area contributed by atoms with Gasteiger partial charge in [0.2, 0.25) is 0 Å². The molecule has 2 aromatic rings. The summed E-state index contributed by atoms with van der Waals surface area (Å²) in [5.74, 6) is 0.356. The van der Waals surface area contributed by atoms with Crippen LogP contribution in [0.5, 0.6) is 0 Å². The first-order valence-electron chi connectivity index (χ1n) is 6.66. The minimum Gasteiger partial charge on any atom is -0.392 e. The van der Waals surface area contributed by atoms with E-state index in [2.05, 4.69) is 24.1 Å². The van der Waals surface area contributed by atoms with Gasteiger partial charge in [-0.2, -0.15) is 0 Å². The van der Waals surface area contributed by atoms with E-state index >= 15 is 0 Å². The lowest BCUT2D eigenvalue weighted by Crippen LogP contribution is -2.32. The maximum atomic E-state index is 10.1. The Morgan fingerprint density at radius 3 is 2.89 bits per heavy atom. The SMILES string of the molecule is CCC(CC)C(O)CNCc1c(Cl)nc2sccn12. The van der Waals surface area contributed by atoms with Crippen LogP contribution in [0.1, 0.15) is 32.4 Å². The standard InChI is InChI=1S/C13H20ClN3OS/c1-3-9(4-2)11(18)8-15-7-10-12(14)16-13-17(10)5-6-19-13/h5-6,9,11,15,18H,3-4,7-8H2,1-2H3. The molecule has 0 aliphatic carbocycles. The molecule has 0 amide bonds. The lowest BCUT2D eigenvalue weighted by atomic mass is 9.96. The minimum absolute atomic E-state index is 0.306. The number of rotatable bonds is 7. The van der Waals surface area contributed by atoms with Gasteiger partial charge in [-0.1, -0.05) is 38.3 Å². The van der Waals surface area contributed by atoms with Crippen molar-refractivity contribution in [1.29, 1.82) is 0 Å². The van der Waals surface area contributed by atoms with Crippen molar-refractivity contribution in [1.82, 2.24) is 14.7 Å². The Morgan fingerprint density at radius 1 is 1.47 bits per heavy atom. The van der Waals surface area contributed by atoms with Crippen molar-refractivity contribution in [3.63, 3.8) is 0 Å². The molecule has 2 aromatic heterocycles. The normalized spacial score (nSPS) is 13.5. The van der Waals surface area contributed by atoms with Crippen LogP contribution in [0.25, 0.3) is 4.96 Å². The third-order valence-electron chi connectivity index (χ3n) is 3.55. The fraction of sp³-hybridized carbons (Fsp3) is 0.615. The van der Waals surface area contributed by atoms with Crippen LogP contribution in [0.15, 0.2) is 11.6 Å². The van der Waals surface area contributed by atoms with Gasteiger partial charge in [0, 0.05) is 24.7 Å². The molecule has 106 valence electrons. The number of fused-ring (bicyclic) bond motifs is 1. The van der Waals surface area contributed by atoms with Gasteiger partial charge in [-0.3, -0.25) is 4.40 Å². The van der Waals surface area contributed by atoms with E-state index in [-0.39, 0.29) is 6.10 Å². The molecule has 0 spiro atoms. The zero-order valence-corrected chi connectivity index (χ0v) is 12.8. The van der Waals surface area contributed by atoms with E-state index in [0.717, 1.165) is 23.5 Å². The molecule has 0 aromatic carbocycles. The Balaban J connectivity index is 1.92. The molecular formula is C13H20ClN3OS. The molecule has 0 saturated heterocycles. The summed E-state index contributed by atoms with van der Waals surface area (Å²) in [4.78, 5) is 5.19. The molecule has 0 saturated carbocycles. The van der Waals surface area contributed by atoms with E-state index in [1.165, 1.54) is 0 Å². The third-order valence-corrected chi connectivity index (χ3v) is 4.61. The summed E-state index contributed by atoms with van der Waals surface area (Å²) in [5.41, 5.74) is 0.953. The molecular weight excluding hydrogens is 282 g/mol. The highest BCUT2D eigenvalue weighted by molar-refractivity contribution is 7.15. The molecule has 0 aliphatic rings. The van der Waals surface area contributed by atoms with Crippen molar-refractivity contribution in [2.24, 2.45) is 5.92 Å². The monoisotopic (exact) mass is 301 g/mol. The lowest BCUT2D eigenvalue weighted by Gasteiger charge is -2.20. The molecule has 0 bridgehead atoms. The topological polar surface area (TPSA) is 49.6 Å². The number of aromatic nitrogens is 2. The number of hydrogen-bond donors (Lipinski definition) is 2. The summed E-state index contributed by atoms with van der Waals surface area (Å²) in [7, 11) is 0. The number of hydrogen-bond acceptors (Lipinski definition) is 4. The third kappa shape index (κ3) is 3.28. The lowest BCUT2D eigenvalue weighted by molar-refractivity contribution is 0.101. The van der Waals surface area contributed by atoms with Gasteiger partial charge in [0.25, 0.3) is 0 Å². The molecule has 0 fully saturated rings. The van der Waals surface area contributed by atoms with Gasteiger partial charge in [-0.25, -0.2) is 4.98 Å². The summed E-state index contributed by atoms with van der Waals surface area (Å²) in [6, 6.07) is 0. The Bertz CT molecular complexity index is 521. The first-order chi connectivity index (χ1) is 9.17. The first-order valence-corrected chi connectivity index (χ1v) is 7.91. The van der Waals surface area contributed by atoms with Gasteiger partial charge >= 0.3 is 0 Å². The number of nitrogens with one attached hydrogen (secondary N) is 1. The number of imidazole rings is 1. The predicted molar refractivity (Wildman–Crippen MR) is 79.9 cm³/mol. The minimum atomic E-state index is -0.306. The highest BCUT2D eigenvalue weighted by atomic mass is 35.5. The summed E-state index contributed by atoms with van der Waals surface area (Å²) in [6.07, 6.45) is 3.66.